The molecule has 0 saturated carbocycles. The molecule has 1 fully saturated rings. The van der Waals surface area contributed by atoms with Gasteiger partial charge in [-0.15, -0.1) is 0 Å². The van der Waals surface area contributed by atoms with Crippen LogP contribution < -0.4 is 4.90 Å². The maximum Gasteiger partial charge on any atom is 0.433 e. The first-order valence-corrected chi connectivity index (χ1v) is 9.57. The van der Waals surface area contributed by atoms with E-state index in [4.69, 9.17) is 4.52 Å². The van der Waals surface area contributed by atoms with Crippen LogP contribution in [0, 0.1) is 5.92 Å². The SMILES string of the molecule is CN(CC1CCN(c2nccc3nc(C(F)(F)F)ccc23)CC1)C(=O)c1ccno1. The van der Waals surface area contributed by atoms with Gasteiger partial charge in [0.15, 0.2) is 0 Å². The van der Waals surface area contributed by atoms with Gasteiger partial charge in [-0.2, -0.15) is 13.2 Å². The fourth-order valence-electron chi connectivity index (χ4n) is 3.76. The lowest BCUT2D eigenvalue weighted by molar-refractivity contribution is -0.140. The predicted octanol–water partition coefficient (Wildman–Crippen LogP) is 3.63. The molecule has 3 aromatic rings. The standard InChI is InChI=1S/C20H20F3N5O2/c1-27(19(29)16-5-9-25-30-16)12-13-6-10-28(11-7-13)18-14-2-3-17(20(21,22)23)26-15(14)4-8-24-18/h2-5,8-9,13H,6-7,10-12H2,1H3. The Hall–Kier alpha value is -3.17. The van der Waals surface area contributed by atoms with E-state index >= 15 is 0 Å². The van der Waals surface area contributed by atoms with Crippen molar-refractivity contribution in [3.8, 4) is 0 Å². The van der Waals surface area contributed by atoms with Crippen molar-refractivity contribution in [1.82, 2.24) is 20.0 Å². The molecule has 7 nitrogen and oxygen atoms in total. The molecule has 0 atom stereocenters. The predicted molar refractivity (Wildman–Crippen MR) is 103 cm³/mol. The van der Waals surface area contributed by atoms with Crippen molar-refractivity contribution in [3.63, 3.8) is 0 Å². The monoisotopic (exact) mass is 419 g/mol. The Balaban J connectivity index is 1.43. The molecular formula is C20H20F3N5O2. The summed E-state index contributed by atoms with van der Waals surface area (Å²) >= 11 is 0. The second-order valence-corrected chi connectivity index (χ2v) is 7.39. The molecule has 4 heterocycles. The smallest absolute Gasteiger partial charge is 0.356 e. The van der Waals surface area contributed by atoms with Crippen LogP contribution in [0.2, 0.25) is 0 Å². The van der Waals surface area contributed by atoms with Crippen LogP contribution in [0.3, 0.4) is 0 Å². The van der Waals surface area contributed by atoms with Crippen LogP contribution in [0.4, 0.5) is 19.0 Å². The fraction of sp³-hybridized carbons (Fsp3) is 0.400. The number of anilines is 1. The summed E-state index contributed by atoms with van der Waals surface area (Å²) in [5.41, 5.74) is -0.639. The highest BCUT2D eigenvalue weighted by molar-refractivity contribution is 5.91. The van der Waals surface area contributed by atoms with Gasteiger partial charge in [0.05, 0.1) is 11.7 Å². The van der Waals surface area contributed by atoms with E-state index in [0.29, 0.717) is 36.8 Å². The molecule has 0 aliphatic carbocycles. The molecule has 10 heteroatoms. The average molecular weight is 419 g/mol. The summed E-state index contributed by atoms with van der Waals surface area (Å²) in [6.45, 7) is 1.98. The van der Waals surface area contributed by atoms with Crippen molar-refractivity contribution < 1.29 is 22.5 Å². The normalized spacial score (nSPS) is 15.5. The van der Waals surface area contributed by atoms with Crippen LogP contribution >= 0.6 is 0 Å². The summed E-state index contributed by atoms with van der Waals surface area (Å²) < 4.78 is 43.7. The lowest BCUT2D eigenvalue weighted by Gasteiger charge is -2.34. The molecule has 0 N–H and O–H groups in total. The number of alkyl halides is 3. The number of nitrogens with zero attached hydrogens (tertiary/aromatic N) is 5. The van der Waals surface area contributed by atoms with Gasteiger partial charge in [-0.05, 0) is 37.0 Å². The largest absolute Gasteiger partial charge is 0.433 e. The maximum atomic E-state index is 12.9. The van der Waals surface area contributed by atoms with Crippen molar-refractivity contribution in [2.45, 2.75) is 19.0 Å². The van der Waals surface area contributed by atoms with Crippen molar-refractivity contribution >= 4 is 22.6 Å². The molecule has 1 saturated heterocycles. The van der Waals surface area contributed by atoms with Crippen molar-refractivity contribution in [2.75, 3.05) is 31.6 Å². The number of piperidine rings is 1. The summed E-state index contributed by atoms with van der Waals surface area (Å²) in [6.07, 6.45) is 0.107. The number of hydrogen-bond donors (Lipinski definition) is 0. The summed E-state index contributed by atoms with van der Waals surface area (Å²) in [5.74, 6) is 0.944. The molecule has 1 aliphatic heterocycles. The topological polar surface area (TPSA) is 75.4 Å². The zero-order valence-electron chi connectivity index (χ0n) is 16.3. The minimum absolute atomic E-state index is 0.209. The zero-order valence-corrected chi connectivity index (χ0v) is 16.3. The van der Waals surface area contributed by atoms with Crippen molar-refractivity contribution in [2.24, 2.45) is 5.92 Å². The van der Waals surface area contributed by atoms with Gasteiger partial charge in [-0.3, -0.25) is 4.79 Å². The third-order valence-electron chi connectivity index (χ3n) is 5.33. The summed E-state index contributed by atoms with van der Waals surface area (Å²) in [4.78, 5) is 24.1. The fourth-order valence-corrected chi connectivity index (χ4v) is 3.76. The second kappa shape index (κ2) is 7.92. The van der Waals surface area contributed by atoms with Crippen LogP contribution in [-0.2, 0) is 6.18 Å². The summed E-state index contributed by atoms with van der Waals surface area (Å²) in [6, 6.07) is 5.45. The highest BCUT2D eigenvalue weighted by atomic mass is 19.4. The molecule has 1 aliphatic rings. The number of carbonyl (C=O) groups excluding carboxylic acids is 1. The Morgan fingerprint density at radius 1 is 1.20 bits per heavy atom. The van der Waals surface area contributed by atoms with E-state index in [2.05, 4.69) is 20.0 Å². The molecular weight excluding hydrogens is 399 g/mol. The number of carbonyl (C=O) groups is 1. The zero-order chi connectivity index (χ0) is 21.3. The van der Waals surface area contributed by atoms with E-state index in [9.17, 15) is 18.0 Å². The lowest BCUT2D eigenvalue weighted by Crippen LogP contribution is -2.39. The van der Waals surface area contributed by atoms with E-state index in [1.54, 1.807) is 11.9 Å². The van der Waals surface area contributed by atoms with Gasteiger partial charge in [-0.1, -0.05) is 5.16 Å². The molecule has 0 radical (unpaired) electrons. The van der Waals surface area contributed by atoms with E-state index in [1.165, 1.54) is 30.6 Å². The Kier molecular flexibility index (Phi) is 5.31. The van der Waals surface area contributed by atoms with Crippen molar-refractivity contribution in [3.05, 3.63) is 48.1 Å². The first-order valence-electron chi connectivity index (χ1n) is 9.57. The van der Waals surface area contributed by atoms with E-state index in [-0.39, 0.29) is 17.2 Å². The summed E-state index contributed by atoms with van der Waals surface area (Å²) in [5, 5.41) is 4.15. The van der Waals surface area contributed by atoms with E-state index in [0.717, 1.165) is 18.9 Å². The van der Waals surface area contributed by atoms with Crippen molar-refractivity contribution in [1.29, 1.82) is 0 Å². The number of hydrogen-bond acceptors (Lipinski definition) is 6. The van der Waals surface area contributed by atoms with Gasteiger partial charge < -0.3 is 14.3 Å². The molecule has 0 unspecified atom stereocenters. The Morgan fingerprint density at radius 3 is 2.63 bits per heavy atom. The van der Waals surface area contributed by atoms with Gasteiger partial charge in [0.2, 0.25) is 5.76 Å². The second-order valence-electron chi connectivity index (χ2n) is 7.39. The third-order valence-corrected chi connectivity index (χ3v) is 5.33. The third kappa shape index (κ3) is 4.07. The van der Waals surface area contributed by atoms with Crippen LogP contribution in [0.1, 0.15) is 29.1 Å². The maximum absolute atomic E-state index is 12.9. The molecule has 0 bridgehead atoms. The average Bonchev–Trinajstić information content (AvgIpc) is 3.27. The molecule has 0 spiro atoms. The van der Waals surface area contributed by atoms with Gasteiger partial charge in [-0.25, -0.2) is 9.97 Å². The van der Waals surface area contributed by atoms with Crippen LogP contribution in [-0.4, -0.2) is 52.6 Å². The van der Waals surface area contributed by atoms with Crippen LogP contribution in [0.15, 0.2) is 41.2 Å². The molecule has 30 heavy (non-hydrogen) atoms. The Bertz CT molecular complexity index is 1030. The summed E-state index contributed by atoms with van der Waals surface area (Å²) in [7, 11) is 1.73. The Labute approximate surface area is 170 Å². The highest BCUT2D eigenvalue weighted by Crippen LogP contribution is 2.32. The number of fused-ring (bicyclic) bond motifs is 1. The molecule has 158 valence electrons. The number of pyridine rings is 2. The molecule has 4 rings (SSSR count). The van der Waals surface area contributed by atoms with Gasteiger partial charge >= 0.3 is 6.18 Å². The number of halogens is 3. The molecule has 3 aromatic heterocycles. The van der Waals surface area contributed by atoms with Gasteiger partial charge in [0.25, 0.3) is 5.91 Å². The van der Waals surface area contributed by atoms with E-state index < -0.39 is 11.9 Å². The quantitative estimate of drug-likeness (QED) is 0.643. The minimum Gasteiger partial charge on any atom is -0.356 e. The number of amides is 1. The first kappa shape index (κ1) is 20.1. The van der Waals surface area contributed by atoms with Crippen LogP contribution in [0.5, 0.6) is 0 Å². The van der Waals surface area contributed by atoms with Gasteiger partial charge in [0, 0.05) is 44.3 Å². The number of rotatable bonds is 4. The lowest BCUT2D eigenvalue weighted by atomic mass is 9.96. The molecule has 0 aromatic carbocycles. The molecule has 1 amide bonds. The number of aromatic nitrogens is 3. The van der Waals surface area contributed by atoms with Gasteiger partial charge in [0.1, 0.15) is 11.5 Å². The van der Waals surface area contributed by atoms with Crippen LogP contribution in [0.25, 0.3) is 10.9 Å². The minimum atomic E-state index is -4.48. The first-order chi connectivity index (χ1) is 14.3. The highest BCUT2D eigenvalue weighted by Gasteiger charge is 2.33. The van der Waals surface area contributed by atoms with E-state index in [1.807, 2.05) is 0 Å². The Morgan fingerprint density at radius 2 is 1.97 bits per heavy atom.